The van der Waals surface area contributed by atoms with Crippen LogP contribution in [-0.4, -0.2) is 17.0 Å². The van der Waals surface area contributed by atoms with Crippen LogP contribution in [0.15, 0.2) is 53.0 Å². The van der Waals surface area contributed by atoms with Gasteiger partial charge >= 0.3 is 0 Å². The maximum Gasteiger partial charge on any atom is 0.275 e. The fourth-order valence-electron chi connectivity index (χ4n) is 2.09. The summed E-state index contributed by atoms with van der Waals surface area (Å²) in [6.07, 6.45) is 1.58. The molecule has 0 aliphatic carbocycles. The predicted octanol–water partition coefficient (Wildman–Crippen LogP) is 2.40. The van der Waals surface area contributed by atoms with Crippen molar-refractivity contribution in [3.63, 3.8) is 0 Å². The zero-order valence-electron chi connectivity index (χ0n) is 12.5. The standard InChI is InChI=1S/C17H16FN3O2/c1-10(16(23)21-17(19)20)8-11-4-2-3-5-13(11)14-7-6-12(22)9-15(14)18/h2-9,22H,1H3,(H4,19,20,21,23). The van der Waals surface area contributed by atoms with E-state index in [1.54, 1.807) is 37.3 Å². The van der Waals surface area contributed by atoms with Crippen molar-refractivity contribution in [3.05, 3.63) is 59.4 Å². The molecule has 0 aliphatic heterocycles. The number of rotatable bonds is 3. The van der Waals surface area contributed by atoms with Crippen molar-refractivity contribution >= 4 is 17.9 Å². The molecule has 0 unspecified atom stereocenters. The molecule has 0 fully saturated rings. The Morgan fingerprint density at radius 3 is 2.52 bits per heavy atom. The first-order valence-electron chi connectivity index (χ1n) is 6.78. The molecule has 2 rings (SSSR count). The van der Waals surface area contributed by atoms with Crippen LogP contribution in [0, 0.1) is 5.82 Å². The number of phenols is 1. The van der Waals surface area contributed by atoms with Gasteiger partial charge in [0, 0.05) is 17.2 Å². The summed E-state index contributed by atoms with van der Waals surface area (Å²) < 4.78 is 14.1. The molecule has 0 spiro atoms. The van der Waals surface area contributed by atoms with E-state index in [-0.39, 0.29) is 11.7 Å². The van der Waals surface area contributed by atoms with Crippen LogP contribution in [0.3, 0.4) is 0 Å². The number of halogens is 1. The maximum atomic E-state index is 14.1. The Balaban J connectivity index is 2.50. The summed E-state index contributed by atoms with van der Waals surface area (Å²) in [6.45, 7) is 1.57. The van der Waals surface area contributed by atoms with Crippen molar-refractivity contribution in [3.8, 4) is 16.9 Å². The summed E-state index contributed by atoms with van der Waals surface area (Å²) in [7, 11) is 0. The van der Waals surface area contributed by atoms with E-state index in [1.165, 1.54) is 12.1 Å². The van der Waals surface area contributed by atoms with Gasteiger partial charge in [0.05, 0.1) is 0 Å². The minimum Gasteiger partial charge on any atom is -0.508 e. The van der Waals surface area contributed by atoms with Gasteiger partial charge in [0.2, 0.25) is 0 Å². The Morgan fingerprint density at radius 1 is 1.17 bits per heavy atom. The topological polar surface area (TPSA) is 102 Å². The third-order valence-electron chi connectivity index (χ3n) is 3.14. The molecule has 0 saturated carbocycles. The predicted molar refractivity (Wildman–Crippen MR) is 88.0 cm³/mol. The summed E-state index contributed by atoms with van der Waals surface area (Å²) in [5, 5.41) is 9.32. The number of benzene rings is 2. The number of phenolic OH excluding ortho intramolecular Hbond substituents is 1. The fourth-order valence-corrected chi connectivity index (χ4v) is 2.09. The maximum absolute atomic E-state index is 14.1. The number of hydrogen-bond donors (Lipinski definition) is 3. The third kappa shape index (κ3) is 3.94. The number of nitrogens with two attached hydrogens (primary N) is 2. The molecule has 0 saturated heterocycles. The Morgan fingerprint density at radius 2 is 1.87 bits per heavy atom. The lowest BCUT2D eigenvalue weighted by Gasteiger charge is -2.08. The SMILES string of the molecule is CC(=Cc1ccccc1-c1ccc(O)cc1F)C(=O)N=C(N)N. The van der Waals surface area contributed by atoms with Crippen LogP contribution in [0.4, 0.5) is 4.39 Å². The monoisotopic (exact) mass is 313 g/mol. The highest BCUT2D eigenvalue weighted by atomic mass is 19.1. The van der Waals surface area contributed by atoms with E-state index < -0.39 is 11.7 Å². The zero-order valence-corrected chi connectivity index (χ0v) is 12.5. The zero-order chi connectivity index (χ0) is 17.0. The first kappa shape index (κ1) is 16.2. The highest BCUT2D eigenvalue weighted by Gasteiger charge is 2.11. The number of amides is 1. The van der Waals surface area contributed by atoms with Gasteiger partial charge < -0.3 is 16.6 Å². The highest BCUT2D eigenvalue weighted by molar-refractivity contribution is 6.04. The van der Waals surface area contributed by atoms with Crippen molar-refractivity contribution < 1.29 is 14.3 Å². The molecule has 0 aromatic heterocycles. The van der Waals surface area contributed by atoms with Gasteiger partial charge in [-0.3, -0.25) is 4.79 Å². The summed E-state index contributed by atoms with van der Waals surface area (Å²) in [5.74, 6) is -1.59. The van der Waals surface area contributed by atoms with Crippen LogP contribution in [0.5, 0.6) is 5.75 Å². The Hall–Kier alpha value is -3.15. The minimum atomic E-state index is -0.564. The summed E-state index contributed by atoms with van der Waals surface area (Å²) in [5.41, 5.74) is 12.2. The number of carbonyl (C=O) groups excluding carboxylic acids is 1. The van der Waals surface area contributed by atoms with E-state index in [4.69, 9.17) is 11.5 Å². The normalized spacial score (nSPS) is 11.1. The lowest BCUT2D eigenvalue weighted by atomic mass is 9.97. The molecule has 118 valence electrons. The number of guanidine groups is 1. The molecule has 2 aromatic carbocycles. The molecule has 0 bridgehead atoms. The molecule has 2 aromatic rings. The van der Waals surface area contributed by atoms with Gasteiger partial charge in [0.1, 0.15) is 11.6 Å². The van der Waals surface area contributed by atoms with Gasteiger partial charge in [0.15, 0.2) is 5.96 Å². The lowest BCUT2D eigenvalue weighted by Crippen LogP contribution is -2.24. The molecule has 0 atom stereocenters. The van der Waals surface area contributed by atoms with E-state index in [0.29, 0.717) is 22.3 Å². The third-order valence-corrected chi connectivity index (χ3v) is 3.14. The number of aromatic hydroxyl groups is 1. The smallest absolute Gasteiger partial charge is 0.275 e. The van der Waals surface area contributed by atoms with Crippen LogP contribution in [0.25, 0.3) is 17.2 Å². The van der Waals surface area contributed by atoms with Crippen LogP contribution >= 0.6 is 0 Å². The molecule has 6 heteroatoms. The molecule has 5 N–H and O–H groups in total. The number of nitrogens with zero attached hydrogens (tertiary/aromatic N) is 1. The van der Waals surface area contributed by atoms with Crippen LogP contribution in [0.2, 0.25) is 0 Å². The van der Waals surface area contributed by atoms with Gasteiger partial charge in [0.25, 0.3) is 5.91 Å². The molecular formula is C17H16FN3O2. The first-order valence-corrected chi connectivity index (χ1v) is 6.78. The Kier molecular flexibility index (Phi) is 4.75. The number of aliphatic imine (C=N–C) groups is 1. The van der Waals surface area contributed by atoms with Crippen LogP contribution in [-0.2, 0) is 4.79 Å². The second-order valence-electron chi connectivity index (χ2n) is 4.92. The van der Waals surface area contributed by atoms with E-state index in [2.05, 4.69) is 4.99 Å². The van der Waals surface area contributed by atoms with E-state index in [9.17, 15) is 14.3 Å². The van der Waals surface area contributed by atoms with Gasteiger partial charge in [-0.2, -0.15) is 4.99 Å². The van der Waals surface area contributed by atoms with Gasteiger partial charge in [-0.25, -0.2) is 4.39 Å². The molecule has 0 radical (unpaired) electrons. The quantitative estimate of drug-likeness (QED) is 0.460. The molecule has 0 heterocycles. The number of carbonyl (C=O) groups is 1. The minimum absolute atomic E-state index is 0.154. The van der Waals surface area contributed by atoms with E-state index in [0.717, 1.165) is 6.07 Å². The highest BCUT2D eigenvalue weighted by Crippen LogP contribution is 2.29. The van der Waals surface area contributed by atoms with E-state index in [1.807, 2.05) is 0 Å². The van der Waals surface area contributed by atoms with Crippen molar-refractivity contribution in [2.24, 2.45) is 16.5 Å². The van der Waals surface area contributed by atoms with E-state index >= 15 is 0 Å². The Bertz CT molecular complexity index is 809. The average Bonchev–Trinajstić information content (AvgIpc) is 2.47. The van der Waals surface area contributed by atoms with Gasteiger partial charge in [-0.15, -0.1) is 0 Å². The average molecular weight is 313 g/mol. The summed E-state index contributed by atoms with van der Waals surface area (Å²) in [6, 6.07) is 10.9. The van der Waals surface area contributed by atoms with Crippen LogP contribution in [0.1, 0.15) is 12.5 Å². The number of hydrogen-bond acceptors (Lipinski definition) is 2. The van der Waals surface area contributed by atoms with Crippen molar-refractivity contribution in [1.82, 2.24) is 0 Å². The molecule has 0 aliphatic rings. The van der Waals surface area contributed by atoms with Crippen molar-refractivity contribution in [2.75, 3.05) is 0 Å². The summed E-state index contributed by atoms with van der Waals surface area (Å²) in [4.78, 5) is 15.3. The van der Waals surface area contributed by atoms with Crippen LogP contribution < -0.4 is 11.5 Å². The van der Waals surface area contributed by atoms with Gasteiger partial charge in [-0.05, 0) is 36.3 Å². The summed E-state index contributed by atoms with van der Waals surface area (Å²) >= 11 is 0. The molecular weight excluding hydrogens is 297 g/mol. The Labute approximate surface area is 132 Å². The fraction of sp³-hybridized carbons (Fsp3) is 0.0588. The second-order valence-corrected chi connectivity index (χ2v) is 4.92. The van der Waals surface area contributed by atoms with Crippen molar-refractivity contribution in [2.45, 2.75) is 6.92 Å². The largest absolute Gasteiger partial charge is 0.508 e. The first-order chi connectivity index (χ1) is 10.9. The second kappa shape index (κ2) is 6.74. The van der Waals surface area contributed by atoms with Gasteiger partial charge in [-0.1, -0.05) is 24.3 Å². The lowest BCUT2D eigenvalue weighted by molar-refractivity contribution is -0.114. The molecule has 5 nitrogen and oxygen atoms in total. The van der Waals surface area contributed by atoms with Crippen molar-refractivity contribution in [1.29, 1.82) is 0 Å². The molecule has 23 heavy (non-hydrogen) atoms. The molecule has 1 amide bonds.